The second-order valence-corrected chi connectivity index (χ2v) is 12.2. The van der Waals surface area contributed by atoms with E-state index in [0.717, 1.165) is 18.4 Å². The van der Waals surface area contributed by atoms with Crippen LogP contribution in [0, 0.1) is 6.92 Å². The van der Waals surface area contributed by atoms with Gasteiger partial charge in [-0.15, -0.1) is 0 Å². The van der Waals surface area contributed by atoms with Gasteiger partial charge in [0.2, 0.25) is 11.7 Å². The number of benzene rings is 2. The van der Waals surface area contributed by atoms with Gasteiger partial charge < -0.3 is 34.1 Å². The predicted molar refractivity (Wildman–Crippen MR) is 165 cm³/mol. The number of rotatable bonds is 10. The Morgan fingerprint density at radius 2 is 1.75 bits per heavy atom. The Morgan fingerprint density at radius 1 is 1.02 bits per heavy atom. The van der Waals surface area contributed by atoms with Crippen molar-refractivity contribution >= 4 is 38.6 Å². The van der Waals surface area contributed by atoms with Crippen LogP contribution in [-0.2, 0) is 10.0 Å². The molecule has 0 saturated carbocycles. The Bertz CT molecular complexity index is 1900. The summed E-state index contributed by atoms with van der Waals surface area (Å²) in [6.45, 7) is 2.54. The normalized spacial score (nSPS) is 15.1. The van der Waals surface area contributed by atoms with Crippen molar-refractivity contribution in [2.45, 2.75) is 30.7 Å². The van der Waals surface area contributed by atoms with Gasteiger partial charge in [0.05, 0.1) is 56.3 Å². The lowest BCUT2D eigenvalue weighted by atomic mass is 10.2. The third kappa shape index (κ3) is 5.15. The Morgan fingerprint density at radius 3 is 2.41 bits per heavy atom. The van der Waals surface area contributed by atoms with E-state index in [1.807, 2.05) is 11.8 Å². The number of anilines is 3. The van der Waals surface area contributed by atoms with Crippen LogP contribution in [0.1, 0.15) is 18.4 Å². The highest BCUT2D eigenvalue weighted by Gasteiger charge is 2.29. The van der Waals surface area contributed by atoms with Crippen LogP contribution in [0.2, 0.25) is 0 Å². The van der Waals surface area contributed by atoms with E-state index in [4.69, 9.17) is 24.2 Å². The Labute approximate surface area is 254 Å². The SMILES string of the molecule is COc1cc(-n2cnc(Nc3nc(N4CCC[C@H]4CO)nc4ccn(S(=O)(=O)c5ccc(C)cc5)c34)c2)cc(OC)c1OC. The lowest BCUT2D eigenvalue weighted by molar-refractivity contribution is 0.265. The highest BCUT2D eigenvalue weighted by atomic mass is 32.2. The minimum atomic E-state index is -3.98. The average molecular weight is 620 g/mol. The van der Waals surface area contributed by atoms with Gasteiger partial charge in [0.15, 0.2) is 17.3 Å². The van der Waals surface area contributed by atoms with Crippen molar-refractivity contribution in [2.75, 3.05) is 44.7 Å². The number of aryl methyl sites for hydroxylation is 1. The van der Waals surface area contributed by atoms with E-state index in [2.05, 4.69) is 10.3 Å². The monoisotopic (exact) mass is 619 g/mol. The minimum absolute atomic E-state index is 0.0355. The molecule has 0 aliphatic carbocycles. The van der Waals surface area contributed by atoms with Gasteiger partial charge in [-0.25, -0.2) is 22.4 Å². The second kappa shape index (κ2) is 11.7. The van der Waals surface area contributed by atoms with Crippen LogP contribution in [0.25, 0.3) is 16.7 Å². The molecule has 5 aromatic rings. The molecule has 6 rings (SSSR count). The third-order valence-corrected chi connectivity index (χ3v) is 9.38. The maximum Gasteiger partial charge on any atom is 0.268 e. The molecule has 1 saturated heterocycles. The molecule has 0 radical (unpaired) electrons. The van der Waals surface area contributed by atoms with E-state index in [1.165, 1.54) is 17.3 Å². The average Bonchev–Trinajstić information content (AvgIpc) is 3.80. The van der Waals surface area contributed by atoms with E-state index >= 15 is 0 Å². The van der Waals surface area contributed by atoms with Gasteiger partial charge in [-0.1, -0.05) is 17.7 Å². The quantitative estimate of drug-likeness (QED) is 0.235. The second-order valence-electron chi connectivity index (χ2n) is 10.4. The number of methoxy groups -OCH3 is 3. The van der Waals surface area contributed by atoms with Crippen molar-refractivity contribution < 1.29 is 27.7 Å². The van der Waals surface area contributed by atoms with Crippen molar-refractivity contribution in [1.29, 1.82) is 0 Å². The lowest BCUT2D eigenvalue weighted by Gasteiger charge is -2.23. The van der Waals surface area contributed by atoms with Gasteiger partial charge in [-0.05, 0) is 38.0 Å². The van der Waals surface area contributed by atoms with Crippen LogP contribution < -0.4 is 24.4 Å². The van der Waals surface area contributed by atoms with Gasteiger partial charge in [-0.2, -0.15) is 4.98 Å². The fourth-order valence-electron chi connectivity index (χ4n) is 5.40. The van der Waals surface area contributed by atoms with Crippen LogP contribution in [0.5, 0.6) is 17.2 Å². The van der Waals surface area contributed by atoms with E-state index in [0.29, 0.717) is 46.8 Å². The molecular formula is C30H33N7O6S. The number of ether oxygens (including phenoxy) is 3. The van der Waals surface area contributed by atoms with Gasteiger partial charge in [-0.3, -0.25) is 0 Å². The molecule has 0 spiro atoms. The third-order valence-electron chi connectivity index (χ3n) is 7.69. The first-order valence-electron chi connectivity index (χ1n) is 14.0. The number of hydrogen-bond acceptors (Lipinski definition) is 11. The van der Waals surface area contributed by atoms with Gasteiger partial charge in [0.25, 0.3) is 10.0 Å². The molecular weight excluding hydrogens is 586 g/mol. The summed E-state index contributed by atoms with van der Waals surface area (Å²) in [5.41, 5.74) is 2.35. The van der Waals surface area contributed by atoms with E-state index in [1.54, 1.807) is 73.8 Å². The van der Waals surface area contributed by atoms with E-state index in [-0.39, 0.29) is 28.9 Å². The van der Waals surface area contributed by atoms with Crippen LogP contribution in [0.15, 0.2) is 66.1 Å². The summed E-state index contributed by atoms with van der Waals surface area (Å²) in [6.07, 6.45) is 6.51. The van der Waals surface area contributed by atoms with Crippen LogP contribution >= 0.6 is 0 Å². The minimum Gasteiger partial charge on any atom is -0.493 e. The van der Waals surface area contributed by atoms with Gasteiger partial charge in [0, 0.05) is 24.9 Å². The zero-order chi connectivity index (χ0) is 31.0. The molecule has 230 valence electrons. The summed E-state index contributed by atoms with van der Waals surface area (Å²) in [6, 6.07) is 11.8. The highest BCUT2D eigenvalue weighted by molar-refractivity contribution is 7.90. The van der Waals surface area contributed by atoms with Crippen LogP contribution in [-0.4, -0.2) is 77.5 Å². The maximum absolute atomic E-state index is 13.8. The molecule has 2 N–H and O–H groups in total. The number of imidazole rings is 1. The van der Waals surface area contributed by atoms with Crippen molar-refractivity contribution in [3.63, 3.8) is 0 Å². The summed E-state index contributed by atoms with van der Waals surface area (Å²) in [5.74, 6) is 2.48. The van der Waals surface area contributed by atoms with Crippen LogP contribution in [0.3, 0.4) is 0 Å². The van der Waals surface area contributed by atoms with Crippen molar-refractivity contribution in [3.8, 4) is 22.9 Å². The topological polar surface area (TPSA) is 146 Å². The number of hydrogen-bond donors (Lipinski definition) is 2. The summed E-state index contributed by atoms with van der Waals surface area (Å²) >= 11 is 0. The summed E-state index contributed by atoms with van der Waals surface area (Å²) in [4.78, 5) is 16.1. The fourth-order valence-corrected chi connectivity index (χ4v) is 6.75. The number of aromatic nitrogens is 5. The molecule has 1 atom stereocenters. The largest absolute Gasteiger partial charge is 0.493 e. The van der Waals surface area contributed by atoms with Crippen molar-refractivity contribution in [3.05, 3.63) is 66.7 Å². The molecule has 1 aliphatic rings. The number of fused-ring (bicyclic) bond motifs is 1. The molecule has 0 bridgehead atoms. The molecule has 14 heteroatoms. The first kappa shape index (κ1) is 29.3. The lowest BCUT2D eigenvalue weighted by Crippen LogP contribution is -2.33. The molecule has 3 aromatic heterocycles. The summed E-state index contributed by atoms with van der Waals surface area (Å²) in [7, 11) is 0.640. The Hall–Kier alpha value is -4.82. The molecule has 13 nitrogen and oxygen atoms in total. The van der Waals surface area contributed by atoms with E-state index < -0.39 is 10.0 Å². The molecule has 0 unspecified atom stereocenters. The molecule has 2 aromatic carbocycles. The van der Waals surface area contributed by atoms with Gasteiger partial charge in [0.1, 0.15) is 17.7 Å². The Kier molecular flexibility index (Phi) is 7.78. The highest BCUT2D eigenvalue weighted by Crippen LogP contribution is 2.39. The summed E-state index contributed by atoms with van der Waals surface area (Å²) in [5, 5.41) is 13.2. The van der Waals surface area contributed by atoms with E-state index in [9.17, 15) is 13.5 Å². The summed E-state index contributed by atoms with van der Waals surface area (Å²) < 4.78 is 47.0. The Balaban J connectivity index is 1.45. The molecule has 0 amide bonds. The zero-order valence-electron chi connectivity index (χ0n) is 24.8. The molecule has 1 fully saturated rings. The zero-order valence-corrected chi connectivity index (χ0v) is 25.6. The van der Waals surface area contributed by atoms with Crippen LogP contribution in [0.4, 0.5) is 17.6 Å². The first-order chi connectivity index (χ1) is 21.3. The predicted octanol–water partition coefficient (Wildman–Crippen LogP) is 3.89. The maximum atomic E-state index is 13.8. The molecule has 1 aliphatic heterocycles. The number of aliphatic hydroxyl groups excluding tert-OH is 1. The fraction of sp³-hybridized carbons (Fsp3) is 0.300. The smallest absolute Gasteiger partial charge is 0.268 e. The number of nitrogens with zero attached hydrogens (tertiary/aromatic N) is 6. The molecule has 4 heterocycles. The van der Waals surface area contributed by atoms with Gasteiger partial charge >= 0.3 is 0 Å². The molecule has 44 heavy (non-hydrogen) atoms. The number of aliphatic hydroxyl groups is 1. The van der Waals surface area contributed by atoms with Crippen molar-refractivity contribution in [2.24, 2.45) is 0 Å². The first-order valence-corrected chi connectivity index (χ1v) is 15.4. The number of nitrogens with one attached hydrogen (secondary N) is 1. The van der Waals surface area contributed by atoms with Crippen molar-refractivity contribution in [1.82, 2.24) is 23.5 Å². The standard InChI is InChI=1S/C30H33N7O6S/c1-19-7-9-22(10-8-19)44(39,40)37-13-11-23-27(37)29(34-30(32-23)36-12-5-6-20(36)17-38)33-26-16-35(18-31-26)21-14-24(41-2)28(43-4)25(15-21)42-3/h7-11,13-16,18,20,38H,5-6,12,17H2,1-4H3,(H,32,33,34)/t20-/m0/s1.